The van der Waals surface area contributed by atoms with Crippen LogP contribution in [0.15, 0.2) is 30.7 Å². The van der Waals surface area contributed by atoms with Crippen molar-refractivity contribution in [1.82, 2.24) is 9.97 Å². The van der Waals surface area contributed by atoms with Gasteiger partial charge in [-0.2, -0.15) is 0 Å². The lowest BCUT2D eigenvalue weighted by Gasteiger charge is -2.07. The quantitative estimate of drug-likeness (QED) is 0.813. The lowest BCUT2D eigenvalue weighted by molar-refractivity contribution is 1.15. The van der Waals surface area contributed by atoms with Crippen LogP contribution >= 0.6 is 45.8 Å². The maximum atomic E-state index is 5.91. The van der Waals surface area contributed by atoms with Gasteiger partial charge >= 0.3 is 0 Å². The summed E-state index contributed by atoms with van der Waals surface area (Å²) < 4.78 is 0.936. The number of halogens is 3. The van der Waals surface area contributed by atoms with Gasteiger partial charge in [-0.3, -0.25) is 0 Å². The van der Waals surface area contributed by atoms with E-state index in [1.807, 2.05) is 6.07 Å². The Morgan fingerprint density at radius 3 is 2.69 bits per heavy atom. The number of benzene rings is 1. The molecule has 0 spiro atoms. The third-order valence-electron chi connectivity index (χ3n) is 1.85. The fraction of sp³-hybridized carbons (Fsp3) is 0. The first kappa shape index (κ1) is 11.9. The zero-order valence-corrected chi connectivity index (χ0v) is 11.6. The zero-order chi connectivity index (χ0) is 11.5. The smallest absolute Gasteiger partial charge is 0.147 e. The third kappa shape index (κ3) is 2.75. The largest absolute Gasteiger partial charge is 0.339 e. The molecule has 0 aliphatic carbocycles. The molecule has 6 heteroatoms. The standard InChI is InChI=1S/C10H6Cl2IN3/c11-7-2-1-6(3-8(7)12)16-10-9(13)4-14-5-15-10/h1-5H,(H,14,15,16). The molecule has 1 N–H and O–H groups in total. The predicted octanol–water partition coefficient (Wildman–Crippen LogP) is 4.13. The molecule has 0 aliphatic heterocycles. The molecule has 0 radical (unpaired) electrons. The average Bonchev–Trinajstić information content (AvgIpc) is 2.27. The minimum Gasteiger partial charge on any atom is -0.339 e. The molecule has 1 heterocycles. The molecule has 82 valence electrons. The highest BCUT2D eigenvalue weighted by Crippen LogP contribution is 2.27. The highest BCUT2D eigenvalue weighted by molar-refractivity contribution is 14.1. The molecule has 0 atom stereocenters. The van der Waals surface area contributed by atoms with Crippen molar-refractivity contribution in [3.63, 3.8) is 0 Å². The van der Waals surface area contributed by atoms with Crippen molar-refractivity contribution in [3.05, 3.63) is 44.3 Å². The molecule has 0 aliphatic rings. The highest BCUT2D eigenvalue weighted by atomic mass is 127. The first-order chi connectivity index (χ1) is 7.66. The minimum atomic E-state index is 0.510. The predicted molar refractivity (Wildman–Crippen MR) is 74.5 cm³/mol. The molecule has 0 unspecified atom stereocenters. The molecule has 0 saturated carbocycles. The molecule has 3 nitrogen and oxygen atoms in total. The summed E-state index contributed by atoms with van der Waals surface area (Å²) in [6, 6.07) is 5.33. The summed E-state index contributed by atoms with van der Waals surface area (Å²) in [6.45, 7) is 0. The van der Waals surface area contributed by atoms with Crippen LogP contribution in [-0.4, -0.2) is 9.97 Å². The van der Waals surface area contributed by atoms with Crippen LogP contribution in [0.3, 0.4) is 0 Å². The van der Waals surface area contributed by atoms with Crippen LogP contribution in [0.25, 0.3) is 0 Å². The van der Waals surface area contributed by atoms with Crippen LogP contribution in [0.1, 0.15) is 0 Å². The van der Waals surface area contributed by atoms with Gasteiger partial charge in [0.25, 0.3) is 0 Å². The van der Waals surface area contributed by atoms with Gasteiger partial charge in [-0.25, -0.2) is 9.97 Å². The van der Waals surface area contributed by atoms with E-state index in [4.69, 9.17) is 23.2 Å². The summed E-state index contributed by atoms with van der Waals surface area (Å²) in [5, 5.41) is 4.18. The van der Waals surface area contributed by atoms with E-state index in [1.54, 1.807) is 18.3 Å². The van der Waals surface area contributed by atoms with E-state index in [2.05, 4.69) is 37.9 Å². The van der Waals surface area contributed by atoms with Crippen LogP contribution in [0.4, 0.5) is 11.5 Å². The second-order valence-electron chi connectivity index (χ2n) is 2.97. The van der Waals surface area contributed by atoms with E-state index >= 15 is 0 Å². The van der Waals surface area contributed by atoms with E-state index < -0.39 is 0 Å². The van der Waals surface area contributed by atoms with E-state index in [0.717, 1.165) is 15.1 Å². The van der Waals surface area contributed by atoms with E-state index in [1.165, 1.54) is 6.33 Å². The second-order valence-corrected chi connectivity index (χ2v) is 4.95. The number of nitrogens with one attached hydrogen (secondary N) is 1. The molecule has 16 heavy (non-hydrogen) atoms. The van der Waals surface area contributed by atoms with Crippen molar-refractivity contribution in [2.24, 2.45) is 0 Å². The maximum absolute atomic E-state index is 5.91. The summed E-state index contributed by atoms with van der Waals surface area (Å²) in [7, 11) is 0. The Kier molecular flexibility index (Phi) is 3.83. The number of rotatable bonds is 2. The van der Waals surface area contributed by atoms with E-state index in [-0.39, 0.29) is 0 Å². The molecule has 2 aromatic rings. The maximum Gasteiger partial charge on any atom is 0.147 e. The summed E-state index contributed by atoms with van der Waals surface area (Å²) >= 11 is 13.9. The van der Waals surface area contributed by atoms with Crippen molar-refractivity contribution in [2.45, 2.75) is 0 Å². The highest BCUT2D eigenvalue weighted by Gasteiger charge is 2.03. The molecule has 1 aromatic heterocycles. The fourth-order valence-electron chi connectivity index (χ4n) is 1.12. The van der Waals surface area contributed by atoms with Gasteiger partial charge in [0.05, 0.1) is 13.6 Å². The number of nitrogens with zero attached hydrogens (tertiary/aromatic N) is 2. The first-order valence-electron chi connectivity index (χ1n) is 4.34. The van der Waals surface area contributed by atoms with Crippen molar-refractivity contribution >= 4 is 57.3 Å². The van der Waals surface area contributed by atoms with Gasteiger partial charge in [0.1, 0.15) is 12.1 Å². The van der Waals surface area contributed by atoms with Gasteiger partial charge in [-0.15, -0.1) is 0 Å². The van der Waals surface area contributed by atoms with Gasteiger partial charge in [-0.05, 0) is 40.8 Å². The molecule has 2 rings (SSSR count). The van der Waals surface area contributed by atoms with Crippen LogP contribution in [0, 0.1) is 3.57 Å². The lowest BCUT2D eigenvalue weighted by atomic mass is 10.3. The number of anilines is 2. The van der Waals surface area contributed by atoms with Gasteiger partial charge < -0.3 is 5.32 Å². The second kappa shape index (κ2) is 5.16. The van der Waals surface area contributed by atoms with Crippen LogP contribution < -0.4 is 5.32 Å². The van der Waals surface area contributed by atoms with Gasteiger partial charge in [0, 0.05) is 11.9 Å². The van der Waals surface area contributed by atoms with E-state index in [0.29, 0.717) is 10.0 Å². The molecule has 0 saturated heterocycles. The first-order valence-corrected chi connectivity index (χ1v) is 6.18. The SMILES string of the molecule is Clc1ccc(Nc2ncncc2I)cc1Cl. The molecular formula is C10H6Cl2IN3. The Labute approximate surface area is 116 Å². The van der Waals surface area contributed by atoms with Crippen LogP contribution in [0.2, 0.25) is 10.0 Å². The third-order valence-corrected chi connectivity index (χ3v) is 3.38. The molecule has 0 fully saturated rings. The van der Waals surface area contributed by atoms with Crippen molar-refractivity contribution < 1.29 is 0 Å². The van der Waals surface area contributed by atoms with Gasteiger partial charge in [-0.1, -0.05) is 23.2 Å². The fourth-order valence-corrected chi connectivity index (χ4v) is 1.85. The molecule has 0 bridgehead atoms. The summed E-state index contributed by atoms with van der Waals surface area (Å²) in [4.78, 5) is 8.03. The molecular weight excluding hydrogens is 360 g/mol. The van der Waals surface area contributed by atoms with Crippen LogP contribution in [0.5, 0.6) is 0 Å². The summed E-state index contributed by atoms with van der Waals surface area (Å²) in [5.74, 6) is 0.744. The Balaban J connectivity index is 2.28. The van der Waals surface area contributed by atoms with Crippen LogP contribution in [-0.2, 0) is 0 Å². The normalized spacial score (nSPS) is 10.2. The van der Waals surface area contributed by atoms with Crippen molar-refractivity contribution in [2.75, 3.05) is 5.32 Å². The van der Waals surface area contributed by atoms with Crippen molar-refractivity contribution in [3.8, 4) is 0 Å². The Bertz CT molecular complexity index is 519. The zero-order valence-electron chi connectivity index (χ0n) is 7.92. The number of hydrogen-bond donors (Lipinski definition) is 1. The number of hydrogen-bond acceptors (Lipinski definition) is 3. The summed E-state index contributed by atoms with van der Waals surface area (Å²) in [5.41, 5.74) is 0.839. The lowest BCUT2D eigenvalue weighted by Crippen LogP contribution is -1.96. The molecule has 1 aromatic carbocycles. The Hall–Kier alpha value is -0.590. The van der Waals surface area contributed by atoms with E-state index in [9.17, 15) is 0 Å². The Morgan fingerprint density at radius 2 is 2.00 bits per heavy atom. The van der Waals surface area contributed by atoms with Gasteiger partial charge in [0.2, 0.25) is 0 Å². The minimum absolute atomic E-state index is 0.510. The average molecular weight is 366 g/mol. The molecule has 0 amide bonds. The summed E-state index contributed by atoms with van der Waals surface area (Å²) in [6.07, 6.45) is 3.22. The monoisotopic (exact) mass is 365 g/mol. The topological polar surface area (TPSA) is 37.8 Å². The van der Waals surface area contributed by atoms with Crippen molar-refractivity contribution in [1.29, 1.82) is 0 Å². The number of aromatic nitrogens is 2. The Morgan fingerprint density at radius 1 is 1.19 bits per heavy atom. The van der Waals surface area contributed by atoms with Gasteiger partial charge in [0.15, 0.2) is 0 Å².